The van der Waals surface area contributed by atoms with E-state index in [1.54, 1.807) is 24.5 Å². The van der Waals surface area contributed by atoms with Crippen LogP contribution in [-0.2, 0) is 4.79 Å². The molecule has 1 atom stereocenters. The van der Waals surface area contributed by atoms with Gasteiger partial charge in [0.05, 0.1) is 5.92 Å². The zero-order chi connectivity index (χ0) is 20.1. The van der Waals surface area contributed by atoms with Gasteiger partial charge in [0.25, 0.3) is 0 Å². The minimum Gasteiger partial charge on any atom is -0.353 e. The molecule has 1 aliphatic carbocycles. The average Bonchev–Trinajstić information content (AvgIpc) is 3.03. The molecule has 1 aliphatic heterocycles. The Bertz CT molecular complexity index is 801. The second-order valence-corrected chi connectivity index (χ2v) is 8.26. The predicted octanol–water partition coefficient (Wildman–Crippen LogP) is 4.34. The number of hydrogen-bond donors (Lipinski definition) is 1. The average molecular weight is 397 g/mol. The summed E-state index contributed by atoms with van der Waals surface area (Å²) in [6.07, 6.45) is 12.6. The highest BCUT2D eigenvalue weighted by Crippen LogP contribution is 2.24. The first-order valence-electron chi connectivity index (χ1n) is 10.8. The number of piperidine rings is 1. The van der Waals surface area contributed by atoms with Gasteiger partial charge in [0, 0.05) is 37.1 Å². The first-order chi connectivity index (χ1) is 14.2. The van der Waals surface area contributed by atoms with E-state index in [0.29, 0.717) is 18.5 Å². The number of anilines is 1. The lowest BCUT2D eigenvalue weighted by atomic mass is 9.96. The van der Waals surface area contributed by atoms with Crippen LogP contribution in [0.1, 0.15) is 51.4 Å². The second kappa shape index (κ2) is 9.33. The van der Waals surface area contributed by atoms with Crippen LogP contribution >= 0.6 is 0 Å². The van der Waals surface area contributed by atoms with Gasteiger partial charge in [0.2, 0.25) is 11.9 Å². The van der Waals surface area contributed by atoms with Crippen LogP contribution in [0, 0.1) is 11.7 Å². The molecule has 0 radical (unpaired) electrons. The van der Waals surface area contributed by atoms with Crippen LogP contribution < -0.4 is 10.2 Å². The molecule has 1 amide bonds. The van der Waals surface area contributed by atoms with Crippen molar-refractivity contribution in [2.45, 2.75) is 57.4 Å². The van der Waals surface area contributed by atoms with Crippen LogP contribution in [0.2, 0.25) is 0 Å². The minimum absolute atomic E-state index is 0.00706. The van der Waals surface area contributed by atoms with Crippen molar-refractivity contribution in [3.63, 3.8) is 0 Å². The lowest BCUT2D eigenvalue weighted by molar-refractivity contribution is -0.126. The van der Waals surface area contributed by atoms with E-state index in [9.17, 15) is 9.18 Å². The summed E-state index contributed by atoms with van der Waals surface area (Å²) in [7, 11) is 0. The molecule has 1 aromatic carbocycles. The van der Waals surface area contributed by atoms with Crippen molar-refractivity contribution in [1.29, 1.82) is 0 Å². The monoisotopic (exact) mass is 396 g/mol. The van der Waals surface area contributed by atoms with Gasteiger partial charge < -0.3 is 10.2 Å². The van der Waals surface area contributed by atoms with E-state index >= 15 is 0 Å². The van der Waals surface area contributed by atoms with Crippen molar-refractivity contribution in [3.05, 3.63) is 42.5 Å². The molecule has 6 heteroatoms. The van der Waals surface area contributed by atoms with Crippen LogP contribution in [0.4, 0.5) is 10.3 Å². The van der Waals surface area contributed by atoms with Crippen molar-refractivity contribution in [3.8, 4) is 11.1 Å². The first kappa shape index (κ1) is 19.8. The molecule has 4 rings (SSSR count). The molecular weight excluding hydrogens is 367 g/mol. The van der Waals surface area contributed by atoms with Crippen molar-refractivity contribution in [1.82, 2.24) is 15.3 Å². The Morgan fingerprint density at radius 2 is 1.62 bits per heavy atom. The van der Waals surface area contributed by atoms with Crippen LogP contribution in [0.3, 0.4) is 0 Å². The smallest absolute Gasteiger partial charge is 0.225 e. The van der Waals surface area contributed by atoms with Gasteiger partial charge in [-0.3, -0.25) is 4.79 Å². The summed E-state index contributed by atoms with van der Waals surface area (Å²) < 4.78 is 13.1. The molecule has 1 saturated carbocycles. The van der Waals surface area contributed by atoms with Gasteiger partial charge in [-0.05, 0) is 43.4 Å². The quantitative estimate of drug-likeness (QED) is 0.781. The topological polar surface area (TPSA) is 58.1 Å². The molecule has 29 heavy (non-hydrogen) atoms. The number of carbonyl (C=O) groups is 1. The van der Waals surface area contributed by atoms with Crippen molar-refractivity contribution in [2.24, 2.45) is 5.92 Å². The second-order valence-electron chi connectivity index (χ2n) is 8.26. The Morgan fingerprint density at radius 3 is 2.31 bits per heavy atom. The number of nitrogens with zero attached hydrogens (tertiary/aromatic N) is 3. The number of rotatable bonds is 4. The molecule has 5 nitrogen and oxygen atoms in total. The molecule has 1 N–H and O–H groups in total. The highest BCUT2D eigenvalue weighted by Gasteiger charge is 2.28. The van der Waals surface area contributed by atoms with E-state index in [1.165, 1.54) is 37.8 Å². The first-order valence-corrected chi connectivity index (χ1v) is 10.8. The van der Waals surface area contributed by atoms with Crippen molar-refractivity contribution < 1.29 is 9.18 Å². The number of hydrogen-bond acceptors (Lipinski definition) is 4. The van der Waals surface area contributed by atoms with E-state index in [1.807, 2.05) is 0 Å². The Kier molecular flexibility index (Phi) is 6.37. The highest BCUT2D eigenvalue weighted by molar-refractivity contribution is 5.79. The predicted molar refractivity (Wildman–Crippen MR) is 112 cm³/mol. The van der Waals surface area contributed by atoms with Crippen molar-refractivity contribution in [2.75, 3.05) is 18.0 Å². The SMILES string of the molecule is O=C(NC1CCCCCC1)[C@@H]1CCCN(c2ncc(-c3ccc(F)cc3)cn2)C1. The van der Waals surface area contributed by atoms with Crippen LogP contribution in [-0.4, -0.2) is 35.0 Å². The number of amides is 1. The van der Waals surface area contributed by atoms with Crippen LogP contribution in [0.15, 0.2) is 36.7 Å². The number of aromatic nitrogens is 2. The molecule has 0 bridgehead atoms. The van der Waals surface area contributed by atoms with Gasteiger partial charge in [-0.1, -0.05) is 37.8 Å². The summed E-state index contributed by atoms with van der Waals surface area (Å²) in [5.74, 6) is 0.576. The molecule has 1 saturated heterocycles. The Hall–Kier alpha value is -2.50. The molecular formula is C23H29FN4O. The molecule has 0 spiro atoms. The van der Waals surface area contributed by atoms with E-state index in [-0.39, 0.29) is 17.6 Å². The molecule has 2 aliphatic rings. The maximum absolute atomic E-state index is 13.1. The van der Waals surface area contributed by atoms with Crippen LogP contribution in [0.5, 0.6) is 0 Å². The third-order valence-electron chi connectivity index (χ3n) is 6.09. The molecule has 2 fully saturated rings. The number of carbonyl (C=O) groups excluding carboxylic acids is 1. The summed E-state index contributed by atoms with van der Waals surface area (Å²) in [4.78, 5) is 23.9. The van der Waals surface area contributed by atoms with Gasteiger partial charge in [-0.15, -0.1) is 0 Å². The minimum atomic E-state index is -0.257. The zero-order valence-corrected chi connectivity index (χ0v) is 16.8. The largest absolute Gasteiger partial charge is 0.353 e. The Morgan fingerprint density at radius 1 is 0.931 bits per heavy atom. The number of benzene rings is 1. The van der Waals surface area contributed by atoms with Crippen molar-refractivity contribution >= 4 is 11.9 Å². The lowest BCUT2D eigenvalue weighted by Crippen LogP contribution is -2.46. The van der Waals surface area contributed by atoms with Gasteiger partial charge in [0.1, 0.15) is 5.82 Å². The third-order valence-corrected chi connectivity index (χ3v) is 6.09. The van der Waals surface area contributed by atoms with E-state index < -0.39 is 0 Å². The molecule has 0 unspecified atom stereocenters. The fraction of sp³-hybridized carbons (Fsp3) is 0.522. The van der Waals surface area contributed by atoms with Gasteiger partial charge in [-0.25, -0.2) is 14.4 Å². The number of halogens is 1. The highest BCUT2D eigenvalue weighted by atomic mass is 19.1. The molecule has 1 aromatic heterocycles. The summed E-state index contributed by atoms with van der Waals surface area (Å²) in [6, 6.07) is 6.66. The zero-order valence-electron chi connectivity index (χ0n) is 16.8. The molecule has 2 heterocycles. The summed E-state index contributed by atoms with van der Waals surface area (Å²) in [5.41, 5.74) is 1.74. The van der Waals surface area contributed by atoms with E-state index in [2.05, 4.69) is 20.2 Å². The molecule has 154 valence electrons. The summed E-state index contributed by atoms with van der Waals surface area (Å²) in [5, 5.41) is 3.30. The maximum Gasteiger partial charge on any atom is 0.225 e. The van der Waals surface area contributed by atoms with Gasteiger partial charge in [-0.2, -0.15) is 0 Å². The summed E-state index contributed by atoms with van der Waals surface area (Å²) >= 11 is 0. The molecule has 2 aromatic rings. The summed E-state index contributed by atoms with van der Waals surface area (Å²) in [6.45, 7) is 1.53. The van der Waals surface area contributed by atoms with E-state index in [0.717, 1.165) is 43.4 Å². The fourth-order valence-corrected chi connectivity index (χ4v) is 4.39. The van der Waals surface area contributed by atoms with Crippen LogP contribution in [0.25, 0.3) is 11.1 Å². The standard InChI is InChI=1S/C23H29FN4O/c24-20-11-9-17(10-12-20)19-14-25-23(26-15-19)28-13-5-6-18(16-28)22(29)27-21-7-3-1-2-4-8-21/h9-12,14-15,18,21H,1-8,13,16H2,(H,27,29)/t18-/m1/s1. The fourth-order valence-electron chi connectivity index (χ4n) is 4.39. The normalized spacial score (nSPS) is 20.9. The van der Waals surface area contributed by atoms with E-state index in [4.69, 9.17) is 0 Å². The Labute approximate surface area is 171 Å². The maximum atomic E-state index is 13.1. The van der Waals surface area contributed by atoms with Gasteiger partial charge in [0.15, 0.2) is 0 Å². The Balaban J connectivity index is 1.37. The third kappa shape index (κ3) is 5.11. The lowest BCUT2D eigenvalue weighted by Gasteiger charge is -2.33. The number of nitrogens with one attached hydrogen (secondary N) is 1. The van der Waals surface area contributed by atoms with Gasteiger partial charge >= 0.3 is 0 Å².